The van der Waals surface area contributed by atoms with E-state index in [-0.39, 0.29) is 17.6 Å². The standard InChI is InChI=1S/C24H22Cl2N4O3/c25-18-13-19(26)22(27-14-18)28-7-9-29(10-8-28)23(31)20-12-16-4-1-2-5-17(16)15-30(20)24(32)21-6-3-11-33-21/h1-6,11,13-14,20H,7-10,12,15H2. The smallest absolute Gasteiger partial charge is 0.290 e. The summed E-state index contributed by atoms with van der Waals surface area (Å²) in [6.07, 6.45) is 3.52. The summed E-state index contributed by atoms with van der Waals surface area (Å²) in [6.45, 7) is 2.59. The van der Waals surface area contributed by atoms with E-state index in [0.29, 0.717) is 55.0 Å². The van der Waals surface area contributed by atoms with E-state index in [1.165, 1.54) is 6.26 Å². The number of carbonyl (C=O) groups excluding carboxylic acids is 2. The van der Waals surface area contributed by atoms with Gasteiger partial charge in [0.1, 0.15) is 11.9 Å². The monoisotopic (exact) mass is 484 g/mol. The van der Waals surface area contributed by atoms with Gasteiger partial charge in [-0.3, -0.25) is 9.59 Å². The summed E-state index contributed by atoms with van der Waals surface area (Å²) in [5.74, 6) is 0.567. The number of benzene rings is 1. The Hall–Kier alpha value is -3.03. The number of halogens is 2. The highest BCUT2D eigenvalue weighted by molar-refractivity contribution is 6.36. The fourth-order valence-electron chi connectivity index (χ4n) is 4.49. The van der Waals surface area contributed by atoms with E-state index in [9.17, 15) is 9.59 Å². The van der Waals surface area contributed by atoms with Crippen molar-refractivity contribution >= 4 is 40.8 Å². The number of aromatic nitrogens is 1. The van der Waals surface area contributed by atoms with Gasteiger partial charge in [0.2, 0.25) is 5.91 Å². The molecule has 4 heterocycles. The molecule has 1 saturated heterocycles. The number of furan rings is 1. The van der Waals surface area contributed by atoms with Crippen molar-refractivity contribution in [2.75, 3.05) is 31.1 Å². The first-order valence-corrected chi connectivity index (χ1v) is 11.5. The van der Waals surface area contributed by atoms with E-state index in [0.717, 1.165) is 11.1 Å². The lowest BCUT2D eigenvalue weighted by Crippen LogP contribution is -2.57. The highest BCUT2D eigenvalue weighted by Crippen LogP contribution is 2.29. The molecule has 0 spiro atoms. The lowest BCUT2D eigenvalue weighted by Gasteiger charge is -2.41. The lowest BCUT2D eigenvalue weighted by molar-refractivity contribution is -0.137. The molecule has 33 heavy (non-hydrogen) atoms. The minimum Gasteiger partial charge on any atom is -0.459 e. The van der Waals surface area contributed by atoms with Crippen molar-refractivity contribution in [2.24, 2.45) is 0 Å². The second-order valence-electron chi connectivity index (χ2n) is 8.17. The number of piperazine rings is 1. The zero-order valence-corrected chi connectivity index (χ0v) is 19.3. The number of rotatable bonds is 3. The summed E-state index contributed by atoms with van der Waals surface area (Å²) < 4.78 is 5.34. The zero-order valence-electron chi connectivity index (χ0n) is 17.8. The van der Waals surface area contributed by atoms with Crippen LogP contribution >= 0.6 is 23.2 Å². The van der Waals surface area contributed by atoms with Crippen LogP contribution in [0.2, 0.25) is 10.0 Å². The minimum absolute atomic E-state index is 0.0563. The van der Waals surface area contributed by atoms with Gasteiger partial charge in [-0.15, -0.1) is 0 Å². The van der Waals surface area contributed by atoms with Crippen molar-refractivity contribution in [3.8, 4) is 0 Å². The molecule has 2 amide bonds. The van der Waals surface area contributed by atoms with Crippen LogP contribution in [0, 0.1) is 0 Å². The highest BCUT2D eigenvalue weighted by atomic mass is 35.5. The van der Waals surface area contributed by atoms with Crippen molar-refractivity contribution in [1.82, 2.24) is 14.8 Å². The summed E-state index contributed by atoms with van der Waals surface area (Å²) >= 11 is 12.3. The van der Waals surface area contributed by atoms with Gasteiger partial charge >= 0.3 is 0 Å². The van der Waals surface area contributed by atoms with E-state index in [2.05, 4.69) is 4.98 Å². The van der Waals surface area contributed by atoms with Crippen molar-refractivity contribution in [3.63, 3.8) is 0 Å². The Kier molecular flexibility index (Phi) is 6.00. The number of pyridine rings is 1. The molecule has 3 aromatic rings. The number of hydrogen-bond acceptors (Lipinski definition) is 5. The van der Waals surface area contributed by atoms with Gasteiger partial charge in [0.05, 0.1) is 16.3 Å². The van der Waals surface area contributed by atoms with E-state index in [4.69, 9.17) is 27.6 Å². The Morgan fingerprint density at radius 1 is 1.00 bits per heavy atom. The van der Waals surface area contributed by atoms with Crippen LogP contribution in [0.3, 0.4) is 0 Å². The molecule has 2 aromatic heterocycles. The molecule has 1 atom stereocenters. The first kappa shape index (κ1) is 21.8. The van der Waals surface area contributed by atoms with Crippen LogP contribution in [-0.2, 0) is 17.8 Å². The maximum absolute atomic E-state index is 13.6. The van der Waals surface area contributed by atoms with Crippen LogP contribution in [0.15, 0.2) is 59.3 Å². The number of anilines is 1. The number of nitrogens with zero attached hydrogens (tertiary/aromatic N) is 4. The number of amides is 2. The summed E-state index contributed by atoms with van der Waals surface area (Å²) in [5.41, 5.74) is 2.14. The van der Waals surface area contributed by atoms with Crippen molar-refractivity contribution < 1.29 is 14.0 Å². The lowest BCUT2D eigenvalue weighted by atomic mass is 9.92. The van der Waals surface area contributed by atoms with E-state index >= 15 is 0 Å². The molecule has 0 bridgehead atoms. The zero-order chi connectivity index (χ0) is 22.9. The fraction of sp³-hybridized carbons (Fsp3) is 0.292. The van der Waals surface area contributed by atoms with Crippen LogP contribution in [0.25, 0.3) is 0 Å². The maximum atomic E-state index is 13.6. The Morgan fingerprint density at radius 3 is 2.45 bits per heavy atom. The van der Waals surface area contributed by atoms with Gasteiger partial charge in [-0.25, -0.2) is 4.98 Å². The third kappa shape index (κ3) is 4.30. The quantitative estimate of drug-likeness (QED) is 0.563. The van der Waals surface area contributed by atoms with Gasteiger partial charge in [0.15, 0.2) is 5.76 Å². The van der Waals surface area contributed by atoms with Gasteiger partial charge in [-0.05, 0) is 29.3 Å². The predicted octanol–water partition coefficient (Wildman–Crippen LogP) is 3.90. The van der Waals surface area contributed by atoms with Gasteiger partial charge in [0, 0.05) is 45.3 Å². The molecule has 2 aliphatic heterocycles. The Balaban J connectivity index is 1.34. The topological polar surface area (TPSA) is 69.9 Å². The van der Waals surface area contributed by atoms with Crippen LogP contribution < -0.4 is 4.90 Å². The van der Waals surface area contributed by atoms with E-state index in [1.54, 1.807) is 29.3 Å². The van der Waals surface area contributed by atoms with Crippen molar-refractivity contribution in [2.45, 2.75) is 19.0 Å². The summed E-state index contributed by atoms with van der Waals surface area (Å²) in [7, 11) is 0. The largest absolute Gasteiger partial charge is 0.459 e. The number of fused-ring (bicyclic) bond motifs is 1. The van der Waals surface area contributed by atoms with Crippen LogP contribution in [0.5, 0.6) is 0 Å². The van der Waals surface area contributed by atoms with Gasteiger partial charge in [0.25, 0.3) is 5.91 Å². The minimum atomic E-state index is -0.582. The van der Waals surface area contributed by atoms with Crippen molar-refractivity contribution in [1.29, 1.82) is 0 Å². The summed E-state index contributed by atoms with van der Waals surface area (Å²) in [6, 6.07) is 12.3. The molecule has 0 saturated carbocycles. The van der Waals surface area contributed by atoms with Crippen molar-refractivity contribution in [3.05, 3.63) is 81.9 Å². The maximum Gasteiger partial charge on any atom is 0.290 e. The molecule has 5 rings (SSSR count). The third-order valence-electron chi connectivity index (χ3n) is 6.21. The number of carbonyl (C=O) groups is 2. The van der Waals surface area contributed by atoms with E-state index in [1.807, 2.05) is 34.1 Å². The molecule has 1 unspecified atom stereocenters. The first-order chi connectivity index (χ1) is 16.0. The molecule has 170 valence electrons. The summed E-state index contributed by atoms with van der Waals surface area (Å²) in [4.78, 5) is 36.7. The van der Waals surface area contributed by atoms with E-state index < -0.39 is 6.04 Å². The SMILES string of the molecule is O=C(C1Cc2ccccc2CN1C(=O)c1ccco1)N1CCN(c2ncc(Cl)cc2Cl)CC1. The Morgan fingerprint density at radius 2 is 1.76 bits per heavy atom. The molecule has 1 fully saturated rings. The molecular formula is C24H22Cl2N4O3. The average molecular weight is 485 g/mol. The highest BCUT2D eigenvalue weighted by Gasteiger charge is 2.38. The van der Waals surface area contributed by atoms with Gasteiger partial charge < -0.3 is 19.1 Å². The molecule has 2 aliphatic rings. The average Bonchev–Trinajstić information content (AvgIpc) is 3.38. The normalized spacial score (nSPS) is 18.2. The van der Waals surface area contributed by atoms with Crippen LogP contribution in [0.1, 0.15) is 21.7 Å². The molecule has 0 aliphatic carbocycles. The molecule has 0 radical (unpaired) electrons. The second kappa shape index (κ2) is 9.08. The molecule has 9 heteroatoms. The third-order valence-corrected chi connectivity index (χ3v) is 6.69. The Bertz CT molecular complexity index is 1180. The van der Waals surface area contributed by atoms with Crippen LogP contribution in [0.4, 0.5) is 5.82 Å². The number of hydrogen-bond donors (Lipinski definition) is 0. The van der Waals surface area contributed by atoms with Gasteiger partial charge in [-0.1, -0.05) is 47.5 Å². The summed E-state index contributed by atoms with van der Waals surface area (Å²) in [5, 5.41) is 0.970. The predicted molar refractivity (Wildman–Crippen MR) is 126 cm³/mol. The van der Waals surface area contributed by atoms with Gasteiger partial charge in [-0.2, -0.15) is 0 Å². The Labute approximate surface area is 201 Å². The molecule has 0 N–H and O–H groups in total. The molecule has 1 aromatic carbocycles. The fourth-order valence-corrected chi connectivity index (χ4v) is 4.99. The first-order valence-electron chi connectivity index (χ1n) is 10.8. The molecule has 7 nitrogen and oxygen atoms in total. The molecular weight excluding hydrogens is 463 g/mol. The van der Waals surface area contributed by atoms with Crippen LogP contribution in [-0.4, -0.2) is 58.8 Å². The second-order valence-corrected chi connectivity index (χ2v) is 9.01.